The van der Waals surface area contributed by atoms with Gasteiger partial charge in [-0.15, -0.1) is 0 Å². The van der Waals surface area contributed by atoms with Crippen LogP contribution in [0.3, 0.4) is 0 Å². The zero-order valence-corrected chi connectivity index (χ0v) is 58.3. The van der Waals surface area contributed by atoms with Gasteiger partial charge in [0.05, 0.1) is 26.4 Å². The first-order chi connectivity index (χ1) is 41.6. The number of ketones is 2. The van der Waals surface area contributed by atoms with Crippen LogP contribution in [0.5, 0.6) is 0 Å². The van der Waals surface area contributed by atoms with Gasteiger partial charge in [0.1, 0.15) is 12.2 Å². The van der Waals surface area contributed by atoms with Gasteiger partial charge in [0.25, 0.3) is 5.79 Å². The Labute approximate surface area is 526 Å². The molecule has 0 aromatic carbocycles. The van der Waals surface area contributed by atoms with E-state index in [1.165, 1.54) is 25.0 Å². The molecular weight excluding hydrogens is 1080 g/mol. The summed E-state index contributed by atoms with van der Waals surface area (Å²) in [5.41, 5.74) is -2.59. The van der Waals surface area contributed by atoms with Gasteiger partial charge < -0.3 is 32.9 Å². The molecule has 0 aromatic rings. The molecule has 0 aliphatic rings. The molecule has 0 bridgehead atoms. The quantitative estimate of drug-likeness (QED) is 0.0250. The van der Waals surface area contributed by atoms with E-state index in [1.807, 2.05) is 0 Å². The van der Waals surface area contributed by atoms with Crippen LogP contribution in [-0.4, -0.2) is 81.0 Å². The van der Waals surface area contributed by atoms with E-state index in [-0.39, 0.29) is 51.8 Å². The summed E-state index contributed by atoms with van der Waals surface area (Å²) in [5.74, 6) is -3.16. The van der Waals surface area contributed by atoms with Gasteiger partial charge in [-0.05, 0) is 63.5 Å². The Morgan fingerprint density at radius 3 is 0.965 bits per heavy atom. The van der Waals surface area contributed by atoms with Crippen LogP contribution in [0.2, 0.25) is 0 Å². The molecule has 0 saturated carbocycles. The van der Waals surface area contributed by atoms with Crippen molar-refractivity contribution < 1.29 is 51.6 Å². The minimum atomic E-state index is -5.10. The van der Waals surface area contributed by atoms with Crippen molar-refractivity contribution in [3.8, 4) is 0 Å². The van der Waals surface area contributed by atoms with Crippen molar-refractivity contribution in [2.75, 3.05) is 39.6 Å². The first-order valence-corrected chi connectivity index (χ1v) is 38.2. The average Bonchev–Trinajstić information content (AvgIpc) is 1.54. The third kappa shape index (κ3) is 39.6. The third-order valence-corrected chi connectivity index (χ3v) is 18.9. The summed E-state index contributed by atoms with van der Waals surface area (Å²) in [6, 6.07) is 0. The maximum atomic E-state index is 18.0. The van der Waals surface area contributed by atoms with E-state index in [1.54, 1.807) is 0 Å². The highest BCUT2D eigenvalue weighted by Crippen LogP contribution is 2.68. The monoisotopic (exact) mass is 1230 g/mol. The van der Waals surface area contributed by atoms with E-state index in [0.717, 1.165) is 244 Å². The molecule has 12 heteroatoms. The van der Waals surface area contributed by atoms with Crippen LogP contribution in [0.25, 0.3) is 0 Å². The van der Waals surface area contributed by atoms with E-state index in [2.05, 4.69) is 68.5 Å². The Morgan fingerprint density at radius 2 is 0.624 bits per heavy atom. The van der Waals surface area contributed by atoms with Gasteiger partial charge in [-0.3, -0.25) is 18.7 Å². The minimum Gasteiger partial charge on any atom is -0.348 e. The van der Waals surface area contributed by atoms with Crippen LogP contribution < -0.4 is 0 Å². The fourth-order valence-corrected chi connectivity index (χ4v) is 13.4. The summed E-state index contributed by atoms with van der Waals surface area (Å²) in [5, 5.41) is 0. The van der Waals surface area contributed by atoms with Gasteiger partial charge in [-0.2, -0.15) is 0 Å². The highest BCUT2D eigenvalue weighted by Gasteiger charge is 2.75. The van der Waals surface area contributed by atoms with Gasteiger partial charge >= 0.3 is 13.1 Å². The lowest BCUT2D eigenvalue weighted by Gasteiger charge is -2.53. The van der Waals surface area contributed by atoms with Crippen molar-refractivity contribution in [1.29, 1.82) is 0 Å². The van der Waals surface area contributed by atoms with Gasteiger partial charge in [0, 0.05) is 13.2 Å². The summed E-state index contributed by atoms with van der Waals surface area (Å²) in [7, 11) is -5.10. The Hall–Kier alpha value is -1.27. The largest absolute Gasteiger partial charge is 0.396 e. The number of hydrogen-bond acceptors (Lipinski definition) is 11. The highest BCUT2D eigenvalue weighted by atomic mass is 31.2. The summed E-state index contributed by atoms with van der Waals surface area (Å²) in [6.07, 6.45) is 44.2. The topological polar surface area (TPSA) is 125 Å². The molecule has 0 aromatic heterocycles. The van der Waals surface area contributed by atoms with Crippen LogP contribution in [-0.2, 0) is 51.6 Å². The Bertz CT molecular complexity index is 1510. The normalized spacial score (nSPS) is 14.2. The second-order valence-corrected chi connectivity index (χ2v) is 26.7. The summed E-state index contributed by atoms with van der Waals surface area (Å²) < 4.78 is 77.3. The maximum absolute atomic E-state index is 18.0. The molecular formula is C73H141O11P. The third-order valence-electron chi connectivity index (χ3n) is 16.6. The number of carbonyl (C=O) groups is 2. The molecule has 4 atom stereocenters. The lowest BCUT2D eigenvalue weighted by molar-refractivity contribution is -0.447. The van der Waals surface area contributed by atoms with Crippen molar-refractivity contribution in [2.24, 2.45) is 0 Å². The van der Waals surface area contributed by atoms with Crippen LogP contribution in [0.15, 0.2) is 25.3 Å². The molecule has 85 heavy (non-hydrogen) atoms. The van der Waals surface area contributed by atoms with Crippen molar-refractivity contribution in [2.45, 2.75) is 393 Å². The maximum Gasteiger partial charge on any atom is 0.396 e. The average molecular weight is 1230 g/mol. The van der Waals surface area contributed by atoms with Crippen molar-refractivity contribution in [1.82, 2.24) is 0 Å². The Balaban J connectivity index is 9.47. The van der Waals surface area contributed by atoms with E-state index in [0.29, 0.717) is 44.9 Å². The van der Waals surface area contributed by atoms with Crippen LogP contribution in [0.1, 0.15) is 364 Å². The highest BCUT2D eigenvalue weighted by molar-refractivity contribution is 7.55. The van der Waals surface area contributed by atoms with Crippen LogP contribution in [0, 0.1) is 0 Å². The van der Waals surface area contributed by atoms with Gasteiger partial charge in [0.15, 0.2) is 11.6 Å². The predicted molar refractivity (Wildman–Crippen MR) is 360 cm³/mol. The molecule has 0 rings (SSSR count). The fraction of sp³-hybridized carbons (Fsp3) is 0.918. The minimum absolute atomic E-state index is 0.0270. The molecule has 0 saturated heterocycles. The molecule has 0 spiro atoms. The van der Waals surface area contributed by atoms with Crippen molar-refractivity contribution >= 4 is 19.2 Å². The van der Waals surface area contributed by atoms with E-state index >= 15 is 4.57 Å². The number of carbonyl (C=O) groups excluding carboxylic acids is 2. The van der Waals surface area contributed by atoms with Gasteiger partial charge in [0.2, 0.25) is 6.29 Å². The van der Waals surface area contributed by atoms with Crippen molar-refractivity contribution in [3.63, 3.8) is 0 Å². The molecule has 0 N–H and O–H groups in total. The number of hydrogen-bond donors (Lipinski definition) is 0. The first kappa shape index (κ1) is 83.7. The van der Waals surface area contributed by atoms with Crippen LogP contribution in [0.4, 0.5) is 0 Å². The first-order valence-electron chi connectivity index (χ1n) is 36.7. The number of rotatable bonds is 71. The molecule has 0 fully saturated rings. The van der Waals surface area contributed by atoms with E-state index in [9.17, 15) is 9.59 Å². The number of ether oxygens (including phenoxy) is 6. The Kier molecular flexibility index (Phi) is 59.4. The molecule has 0 aliphatic carbocycles. The second kappa shape index (κ2) is 60.3. The summed E-state index contributed by atoms with van der Waals surface area (Å²) in [6.45, 7) is 26.5. The van der Waals surface area contributed by atoms with Gasteiger partial charge in [-0.25, -0.2) is 0 Å². The summed E-state index contributed by atoms with van der Waals surface area (Å²) >= 11 is 0. The lowest BCUT2D eigenvalue weighted by atomic mass is 10.0. The number of unbranched alkanes of at least 4 members (excludes halogenated alkanes) is 38. The molecule has 11 nitrogen and oxygen atoms in total. The SMILES string of the molecule is C=CC(=O)C(CCCCCCC)OC(OCCCCCCCC)(C(OCCCCCCCC)OCCCCCCCC)C(OCCCCCCCC)(OCCCCCCCC)P(=O)(OCCCCCCCC)OC(CCCCCCC)C(=O)C=C. The van der Waals surface area contributed by atoms with E-state index in [4.69, 9.17) is 37.5 Å². The summed E-state index contributed by atoms with van der Waals surface area (Å²) in [4.78, 5) is 29.5. The fourth-order valence-electron chi connectivity index (χ4n) is 11.0. The molecule has 4 unspecified atom stereocenters. The molecule has 0 aliphatic heterocycles. The smallest absolute Gasteiger partial charge is 0.348 e. The lowest BCUT2D eigenvalue weighted by Crippen LogP contribution is -2.69. The molecule has 0 heterocycles. The van der Waals surface area contributed by atoms with Crippen molar-refractivity contribution in [3.05, 3.63) is 25.3 Å². The molecule has 0 radical (unpaired) electrons. The van der Waals surface area contributed by atoms with Crippen LogP contribution >= 0.6 is 7.60 Å². The zero-order valence-electron chi connectivity index (χ0n) is 57.4. The standard InChI is InChI=1S/C73H141O11P/c1-11-21-29-37-45-53-61-77-71(78-62-54-46-38-30-22-12-2)72(79-63-55-47-39-31-23-13-3,83-69(67(74)19-9)59-51-43-35-27-17-7)73(80-64-56-48-40-32-24-14-4,81-65-57-49-41-33-25-15-5)85(76,82-66-58-50-42-34-26-16-6)84-70(68(75)20-10)60-52-44-36-28-18-8/h19-20,69-71H,9-18,21-66H2,1-8H3. The Morgan fingerprint density at radius 1 is 0.353 bits per heavy atom. The molecule has 0 amide bonds. The second-order valence-electron chi connectivity index (χ2n) is 24.6. The van der Waals surface area contributed by atoms with E-state index < -0.39 is 43.2 Å². The zero-order chi connectivity index (χ0) is 62.6. The van der Waals surface area contributed by atoms with Gasteiger partial charge in [-0.1, -0.05) is 325 Å². The predicted octanol–water partition coefficient (Wildman–Crippen LogP) is 23.1. The molecule has 504 valence electrons.